The average Bonchev–Trinajstić information content (AvgIpc) is 2.38. The highest BCUT2D eigenvalue weighted by molar-refractivity contribution is 9.09. The standard InChI is InChI=1S/C18H21Br/c1-13-6-4-9-16(10-13)17(12-19)11-18-14(2)7-5-8-15(18)3/h4-10,17H,11-12H2,1-3H3. The third kappa shape index (κ3) is 3.48. The van der Waals surface area contributed by atoms with Crippen LogP contribution in [0.2, 0.25) is 0 Å². The largest absolute Gasteiger partial charge is 0.0921 e. The Hall–Kier alpha value is -1.08. The third-order valence-corrected chi connectivity index (χ3v) is 4.58. The molecule has 0 bridgehead atoms. The lowest BCUT2D eigenvalue weighted by molar-refractivity contribution is 0.766. The molecule has 0 heterocycles. The summed E-state index contributed by atoms with van der Waals surface area (Å²) in [6.45, 7) is 6.58. The number of aryl methyl sites for hydroxylation is 3. The van der Waals surface area contributed by atoms with E-state index in [1.807, 2.05) is 0 Å². The fraction of sp³-hybridized carbons (Fsp3) is 0.333. The first kappa shape index (κ1) is 14.3. The minimum Gasteiger partial charge on any atom is -0.0921 e. The lowest BCUT2D eigenvalue weighted by Crippen LogP contribution is -2.07. The molecule has 1 unspecified atom stereocenters. The molecule has 0 aromatic heterocycles. The van der Waals surface area contributed by atoms with Gasteiger partial charge in [-0.15, -0.1) is 0 Å². The number of benzene rings is 2. The zero-order chi connectivity index (χ0) is 13.8. The van der Waals surface area contributed by atoms with Gasteiger partial charge in [-0.25, -0.2) is 0 Å². The number of hydrogen-bond donors (Lipinski definition) is 0. The Morgan fingerprint density at radius 2 is 1.58 bits per heavy atom. The SMILES string of the molecule is Cc1cccc(C(CBr)Cc2c(C)cccc2C)c1. The van der Waals surface area contributed by atoms with Crippen LogP contribution in [0.5, 0.6) is 0 Å². The summed E-state index contributed by atoms with van der Waals surface area (Å²) >= 11 is 3.68. The molecular weight excluding hydrogens is 296 g/mol. The highest BCUT2D eigenvalue weighted by Gasteiger charge is 2.13. The highest BCUT2D eigenvalue weighted by atomic mass is 79.9. The predicted molar refractivity (Wildman–Crippen MR) is 87.3 cm³/mol. The van der Waals surface area contributed by atoms with E-state index >= 15 is 0 Å². The molecule has 0 radical (unpaired) electrons. The van der Waals surface area contributed by atoms with Gasteiger partial charge in [-0.1, -0.05) is 64.0 Å². The minimum atomic E-state index is 0.541. The molecule has 0 saturated heterocycles. The maximum Gasteiger partial charge on any atom is 0.0103 e. The van der Waals surface area contributed by atoms with Gasteiger partial charge < -0.3 is 0 Å². The molecule has 0 spiro atoms. The van der Waals surface area contributed by atoms with Crippen LogP contribution < -0.4 is 0 Å². The molecular formula is C18H21Br. The van der Waals surface area contributed by atoms with Crippen LogP contribution >= 0.6 is 15.9 Å². The highest BCUT2D eigenvalue weighted by Crippen LogP contribution is 2.26. The molecule has 1 heteroatoms. The number of alkyl halides is 1. The van der Waals surface area contributed by atoms with Gasteiger partial charge in [0.15, 0.2) is 0 Å². The molecule has 0 saturated carbocycles. The van der Waals surface area contributed by atoms with Crippen molar-refractivity contribution in [2.45, 2.75) is 33.1 Å². The first-order valence-electron chi connectivity index (χ1n) is 6.79. The van der Waals surface area contributed by atoms with Crippen LogP contribution in [-0.2, 0) is 6.42 Å². The second-order valence-corrected chi connectivity index (χ2v) is 5.99. The van der Waals surface area contributed by atoms with E-state index in [4.69, 9.17) is 0 Å². The molecule has 0 nitrogen and oxygen atoms in total. The molecule has 0 N–H and O–H groups in total. The van der Waals surface area contributed by atoms with Crippen LogP contribution in [0.25, 0.3) is 0 Å². The third-order valence-electron chi connectivity index (χ3n) is 3.79. The number of halogens is 1. The van der Waals surface area contributed by atoms with Crippen molar-refractivity contribution in [1.29, 1.82) is 0 Å². The maximum atomic E-state index is 3.68. The zero-order valence-corrected chi connectivity index (χ0v) is 13.5. The summed E-state index contributed by atoms with van der Waals surface area (Å²) < 4.78 is 0. The maximum absolute atomic E-state index is 3.68. The van der Waals surface area contributed by atoms with Crippen molar-refractivity contribution in [2.24, 2.45) is 0 Å². The molecule has 0 aliphatic rings. The molecule has 0 amide bonds. The lowest BCUT2D eigenvalue weighted by Gasteiger charge is -2.18. The van der Waals surface area contributed by atoms with E-state index in [9.17, 15) is 0 Å². The second kappa shape index (κ2) is 6.38. The zero-order valence-electron chi connectivity index (χ0n) is 11.9. The van der Waals surface area contributed by atoms with Crippen molar-refractivity contribution in [2.75, 3.05) is 5.33 Å². The van der Waals surface area contributed by atoms with E-state index in [1.165, 1.54) is 27.8 Å². The monoisotopic (exact) mass is 316 g/mol. The molecule has 2 aromatic rings. The van der Waals surface area contributed by atoms with Gasteiger partial charge in [0, 0.05) is 5.33 Å². The van der Waals surface area contributed by atoms with Crippen LogP contribution in [0.15, 0.2) is 42.5 Å². The van der Waals surface area contributed by atoms with Crippen molar-refractivity contribution >= 4 is 15.9 Å². The minimum absolute atomic E-state index is 0.541. The Bertz CT molecular complexity index is 537. The van der Waals surface area contributed by atoms with Gasteiger partial charge in [0.25, 0.3) is 0 Å². The molecule has 2 aromatic carbocycles. The topological polar surface area (TPSA) is 0 Å². The fourth-order valence-corrected chi connectivity index (χ4v) is 3.21. The number of hydrogen-bond acceptors (Lipinski definition) is 0. The average molecular weight is 317 g/mol. The van der Waals surface area contributed by atoms with Crippen molar-refractivity contribution in [3.63, 3.8) is 0 Å². The summed E-state index contributed by atoms with van der Waals surface area (Å²) in [5.74, 6) is 0.541. The van der Waals surface area contributed by atoms with Crippen LogP contribution in [0.1, 0.15) is 33.7 Å². The first-order chi connectivity index (χ1) is 9.11. The van der Waals surface area contributed by atoms with Crippen LogP contribution in [0.3, 0.4) is 0 Å². The first-order valence-corrected chi connectivity index (χ1v) is 7.91. The summed E-state index contributed by atoms with van der Waals surface area (Å²) in [5, 5.41) is 1.00. The summed E-state index contributed by atoms with van der Waals surface area (Å²) in [7, 11) is 0. The molecule has 0 fully saturated rings. The van der Waals surface area contributed by atoms with Crippen LogP contribution in [0.4, 0.5) is 0 Å². The summed E-state index contributed by atoms with van der Waals surface area (Å²) in [6, 6.07) is 15.4. The smallest absolute Gasteiger partial charge is 0.0103 e. The van der Waals surface area contributed by atoms with Crippen LogP contribution in [-0.4, -0.2) is 5.33 Å². The molecule has 100 valence electrons. The predicted octanol–water partition coefficient (Wildman–Crippen LogP) is 5.33. The van der Waals surface area contributed by atoms with Crippen molar-refractivity contribution in [3.8, 4) is 0 Å². The summed E-state index contributed by atoms with van der Waals surface area (Å²) in [6.07, 6.45) is 1.10. The van der Waals surface area contributed by atoms with Crippen molar-refractivity contribution in [3.05, 3.63) is 70.3 Å². The van der Waals surface area contributed by atoms with Gasteiger partial charge >= 0.3 is 0 Å². The Morgan fingerprint density at radius 1 is 0.947 bits per heavy atom. The van der Waals surface area contributed by atoms with E-state index in [0.717, 1.165) is 11.8 Å². The van der Waals surface area contributed by atoms with E-state index in [2.05, 4.69) is 79.2 Å². The van der Waals surface area contributed by atoms with E-state index < -0.39 is 0 Å². The van der Waals surface area contributed by atoms with Gasteiger partial charge in [-0.2, -0.15) is 0 Å². The Labute approximate surface area is 125 Å². The quantitative estimate of drug-likeness (QED) is 0.668. The Kier molecular flexibility index (Phi) is 4.81. The molecule has 1 atom stereocenters. The number of rotatable bonds is 4. The lowest BCUT2D eigenvalue weighted by atomic mass is 9.89. The van der Waals surface area contributed by atoms with Gasteiger partial charge in [-0.3, -0.25) is 0 Å². The van der Waals surface area contributed by atoms with E-state index in [-0.39, 0.29) is 0 Å². The summed E-state index contributed by atoms with van der Waals surface area (Å²) in [4.78, 5) is 0. The Balaban J connectivity index is 2.29. The van der Waals surface area contributed by atoms with Crippen molar-refractivity contribution < 1.29 is 0 Å². The summed E-state index contributed by atoms with van der Waals surface area (Å²) in [5.41, 5.74) is 7.06. The molecule has 0 aliphatic heterocycles. The van der Waals surface area contributed by atoms with Gasteiger partial charge in [0.1, 0.15) is 0 Å². The van der Waals surface area contributed by atoms with Gasteiger partial charge in [-0.05, 0) is 55.4 Å². The fourth-order valence-electron chi connectivity index (χ4n) is 2.60. The van der Waals surface area contributed by atoms with E-state index in [0.29, 0.717) is 5.92 Å². The molecule has 0 aliphatic carbocycles. The molecule has 19 heavy (non-hydrogen) atoms. The van der Waals surface area contributed by atoms with Crippen LogP contribution in [0, 0.1) is 20.8 Å². The second-order valence-electron chi connectivity index (χ2n) is 5.34. The van der Waals surface area contributed by atoms with Gasteiger partial charge in [0.05, 0.1) is 0 Å². The van der Waals surface area contributed by atoms with E-state index in [1.54, 1.807) is 0 Å². The Morgan fingerprint density at radius 3 is 2.16 bits per heavy atom. The van der Waals surface area contributed by atoms with Gasteiger partial charge in [0.2, 0.25) is 0 Å². The van der Waals surface area contributed by atoms with Crippen molar-refractivity contribution in [1.82, 2.24) is 0 Å². The normalized spacial score (nSPS) is 12.4. The molecule has 2 rings (SSSR count).